The Morgan fingerprint density at radius 3 is 1.97 bits per heavy atom. The van der Waals surface area contributed by atoms with Crippen molar-refractivity contribution in [2.45, 2.75) is 24.5 Å². The van der Waals surface area contributed by atoms with Crippen molar-refractivity contribution in [3.8, 4) is 17.2 Å². The van der Waals surface area contributed by atoms with Gasteiger partial charge in [0.15, 0.2) is 16.4 Å². The molecule has 0 fully saturated rings. The molecule has 1 unspecified atom stereocenters. The monoisotopic (exact) mass is 431 g/mol. The molecule has 0 amide bonds. The van der Waals surface area contributed by atoms with Gasteiger partial charge in [-0.05, 0) is 48.5 Å². The third-order valence-corrected chi connectivity index (χ3v) is 8.80. The van der Waals surface area contributed by atoms with Gasteiger partial charge in [0.1, 0.15) is 16.6 Å². The molecule has 4 aromatic rings. The molecule has 0 saturated carbocycles. The zero-order chi connectivity index (χ0) is 20.5. The van der Waals surface area contributed by atoms with Gasteiger partial charge in [0.05, 0.1) is 22.8 Å². The summed E-state index contributed by atoms with van der Waals surface area (Å²) in [4.78, 5) is 4.71. The Hall–Kier alpha value is -3.02. The minimum Gasteiger partial charge on any atom is -0.497 e. The molecule has 148 valence electrons. The smallest absolute Gasteiger partial charge is 0.209 e. The number of rotatable bonds is 4. The number of hydrogen-bond donors (Lipinski definition) is 0. The van der Waals surface area contributed by atoms with Crippen molar-refractivity contribution in [3.05, 3.63) is 97.1 Å². The number of para-hydroxylation sites is 2. The maximum Gasteiger partial charge on any atom is 0.209 e. The molecular weight excluding hydrogens is 412 g/mol. The van der Waals surface area contributed by atoms with Gasteiger partial charge in [-0.25, -0.2) is 4.21 Å². The number of ether oxygens (including phenoxy) is 2. The van der Waals surface area contributed by atoms with Crippen LogP contribution in [0.2, 0.25) is 0 Å². The highest BCUT2D eigenvalue weighted by atomic mass is 32.2. The van der Waals surface area contributed by atoms with Crippen LogP contribution in [0.4, 0.5) is 0 Å². The lowest BCUT2D eigenvalue weighted by Crippen LogP contribution is -2.14. The molecule has 1 aliphatic rings. The summed E-state index contributed by atoms with van der Waals surface area (Å²) in [6, 6.07) is 31.5. The number of hydrogen-bond acceptors (Lipinski definition) is 3. The zero-order valence-corrected chi connectivity index (χ0v) is 17.9. The Kier molecular flexibility index (Phi) is 5.07. The normalized spacial score (nSPS) is 13.6. The Bertz CT molecular complexity index is 1190. The van der Waals surface area contributed by atoms with E-state index < -0.39 is 21.7 Å². The molecule has 30 heavy (non-hydrogen) atoms. The van der Waals surface area contributed by atoms with Crippen LogP contribution < -0.4 is 9.47 Å². The second kappa shape index (κ2) is 8.01. The van der Waals surface area contributed by atoms with Crippen LogP contribution >= 0.6 is 0 Å². The summed E-state index contributed by atoms with van der Waals surface area (Å²) in [5, 5.41) is 0. The average molecular weight is 432 g/mol. The fourth-order valence-corrected chi connectivity index (χ4v) is 7.31. The van der Waals surface area contributed by atoms with E-state index in [1.165, 1.54) is 0 Å². The molecule has 5 rings (SSSR count). The molecule has 1 heterocycles. The number of fused-ring (bicyclic) bond motifs is 2. The fraction of sp³-hybridized carbons (Fsp3) is 0.0400. The van der Waals surface area contributed by atoms with Crippen LogP contribution in [0.1, 0.15) is 0 Å². The van der Waals surface area contributed by atoms with Crippen molar-refractivity contribution in [1.29, 1.82) is 0 Å². The first-order valence-corrected chi connectivity index (χ1v) is 11.9. The summed E-state index contributed by atoms with van der Waals surface area (Å²) >= 11 is 0. The first-order chi connectivity index (χ1) is 14.8. The van der Waals surface area contributed by atoms with Gasteiger partial charge in [-0.1, -0.05) is 42.5 Å². The third-order valence-electron chi connectivity index (χ3n) is 4.89. The van der Waals surface area contributed by atoms with E-state index >= 15 is 0 Å². The molecule has 0 N–H and O–H groups in total. The number of methoxy groups -OCH3 is 1. The molecule has 4 aromatic carbocycles. The van der Waals surface area contributed by atoms with Crippen LogP contribution in [0.3, 0.4) is 0 Å². The first-order valence-electron chi connectivity index (χ1n) is 9.51. The highest BCUT2D eigenvalue weighted by Crippen LogP contribution is 2.48. The highest BCUT2D eigenvalue weighted by Gasteiger charge is 2.41. The minimum absolute atomic E-state index is 0.474. The number of benzene rings is 4. The van der Waals surface area contributed by atoms with Gasteiger partial charge >= 0.3 is 0 Å². The molecule has 0 saturated heterocycles. The molecule has 0 aromatic heterocycles. The van der Waals surface area contributed by atoms with E-state index in [1.807, 2.05) is 84.9 Å². The standard InChI is InChI=1S/C25H19O3S2/c1-27-18-15-16-24(30(26)19-9-3-2-4-10-19)25(17-18)29-22-13-7-5-11-20(22)28-21-12-6-8-14-23(21)29/h2-17H,1H3/q+1. The molecule has 1 atom stereocenters. The summed E-state index contributed by atoms with van der Waals surface area (Å²) in [5.41, 5.74) is 0. The Balaban J connectivity index is 1.76. The predicted molar refractivity (Wildman–Crippen MR) is 119 cm³/mol. The predicted octanol–water partition coefficient (Wildman–Crippen LogP) is 6.06. The van der Waals surface area contributed by atoms with Crippen LogP contribution in [0.25, 0.3) is 0 Å². The van der Waals surface area contributed by atoms with Gasteiger partial charge in [0.25, 0.3) is 0 Å². The maximum atomic E-state index is 13.6. The fourth-order valence-electron chi connectivity index (χ4n) is 3.48. The summed E-state index contributed by atoms with van der Waals surface area (Å²) in [6.45, 7) is 0. The van der Waals surface area contributed by atoms with Gasteiger partial charge in [-0.3, -0.25) is 0 Å². The van der Waals surface area contributed by atoms with Crippen molar-refractivity contribution in [1.82, 2.24) is 0 Å². The summed E-state index contributed by atoms with van der Waals surface area (Å²) < 4.78 is 25.3. The maximum absolute atomic E-state index is 13.6. The Morgan fingerprint density at radius 1 is 0.733 bits per heavy atom. The zero-order valence-electron chi connectivity index (χ0n) is 16.3. The first kappa shape index (κ1) is 19.0. The molecule has 0 aliphatic carbocycles. The van der Waals surface area contributed by atoms with Gasteiger partial charge in [0, 0.05) is 11.0 Å². The largest absolute Gasteiger partial charge is 0.497 e. The van der Waals surface area contributed by atoms with Crippen LogP contribution in [0, 0.1) is 0 Å². The Morgan fingerprint density at radius 2 is 1.33 bits per heavy atom. The SMILES string of the molecule is COc1ccc(S(=O)c2ccccc2)c([S+]2c3ccccc3Oc3ccccc32)c1. The van der Waals surface area contributed by atoms with Crippen molar-refractivity contribution in [3.63, 3.8) is 0 Å². The van der Waals surface area contributed by atoms with Gasteiger partial charge in [-0.15, -0.1) is 0 Å². The van der Waals surface area contributed by atoms with Crippen LogP contribution in [-0.4, -0.2) is 11.3 Å². The molecular formula is C25H19O3S2+. The topological polar surface area (TPSA) is 35.5 Å². The van der Waals surface area contributed by atoms with Gasteiger partial charge < -0.3 is 9.47 Å². The van der Waals surface area contributed by atoms with Crippen LogP contribution in [-0.2, 0) is 21.7 Å². The van der Waals surface area contributed by atoms with E-state index in [2.05, 4.69) is 12.1 Å². The van der Waals surface area contributed by atoms with Crippen molar-refractivity contribution < 1.29 is 13.7 Å². The van der Waals surface area contributed by atoms with E-state index in [0.717, 1.165) is 41.7 Å². The van der Waals surface area contributed by atoms with Crippen molar-refractivity contribution in [2.24, 2.45) is 0 Å². The van der Waals surface area contributed by atoms with E-state index in [0.29, 0.717) is 0 Å². The van der Waals surface area contributed by atoms with E-state index in [4.69, 9.17) is 9.47 Å². The van der Waals surface area contributed by atoms with E-state index in [-0.39, 0.29) is 0 Å². The van der Waals surface area contributed by atoms with Crippen LogP contribution in [0.15, 0.2) is 122 Å². The summed E-state index contributed by atoms with van der Waals surface area (Å²) in [5.74, 6) is 2.41. The minimum atomic E-state index is -1.31. The quantitative estimate of drug-likeness (QED) is 0.324. The van der Waals surface area contributed by atoms with Gasteiger partial charge in [0.2, 0.25) is 9.79 Å². The van der Waals surface area contributed by atoms with E-state index in [1.54, 1.807) is 7.11 Å². The lowest BCUT2D eigenvalue weighted by molar-refractivity contribution is 0.413. The van der Waals surface area contributed by atoms with Crippen molar-refractivity contribution >= 4 is 21.7 Å². The summed E-state index contributed by atoms with van der Waals surface area (Å²) in [6.07, 6.45) is 0. The lowest BCUT2D eigenvalue weighted by atomic mass is 10.3. The molecule has 0 bridgehead atoms. The summed E-state index contributed by atoms with van der Waals surface area (Å²) in [7, 11) is -0.132. The molecule has 0 spiro atoms. The van der Waals surface area contributed by atoms with Crippen LogP contribution in [0.5, 0.6) is 17.2 Å². The second-order valence-electron chi connectivity index (χ2n) is 6.70. The Labute approximate surface area is 181 Å². The average Bonchev–Trinajstić information content (AvgIpc) is 2.82. The van der Waals surface area contributed by atoms with Crippen molar-refractivity contribution in [2.75, 3.05) is 7.11 Å². The van der Waals surface area contributed by atoms with E-state index in [9.17, 15) is 4.21 Å². The third kappa shape index (κ3) is 3.30. The molecule has 0 radical (unpaired) electrons. The van der Waals surface area contributed by atoms with Gasteiger partial charge in [-0.2, -0.15) is 0 Å². The highest BCUT2D eigenvalue weighted by molar-refractivity contribution is 7.98. The lowest BCUT2D eigenvalue weighted by Gasteiger charge is -2.21. The molecule has 1 aliphatic heterocycles. The molecule has 5 heteroatoms. The second-order valence-corrected chi connectivity index (χ2v) is 10.1. The molecule has 3 nitrogen and oxygen atoms in total.